The highest BCUT2D eigenvalue weighted by molar-refractivity contribution is 7.98. The van der Waals surface area contributed by atoms with Gasteiger partial charge in [-0.2, -0.15) is 0 Å². The Balaban J connectivity index is 2.34. The van der Waals surface area contributed by atoms with Crippen LogP contribution in [0.5, 0.6) is 0 Å². The van der Waals surface area contributed by atoms with Crippen LogP contribution in [-0.4, -0.2) is 22.3 Å². The van der Waals surface area contributed by atoms with Crippen LogP contribution in [0, 0.1) is 10.1 Å². The number of nitro groups is 1. The van der Waals surface area contributed by atoms with Gasteiger partial charge >= 0.3 is 5.97 Å². The fourth-order valence-electron chi connectivity index (χ4n) is 1.81. The van der Waals surface area contributed by atoms with E-state index in [9.17, 15) is 14.9 Å². The van der Waals surface area contributed by atoms with Gasteiger partial charge in [-0.3, -0.25) is 10.1 Å². The summed E-state index contributed by atoms with van der Waals surface area (Å²) in [6.45, 7) is 0. The van der Waals surface area contributed by atoms with E-state index in [1.165, 1.54) is 18.2 Å². The van der Waals surface area contributed by atoms with Gasteiger partial charge in [0.25, 0.3) is 5.69 Å². The number of carbonyl (C=O) groups is 1. The third-order valence-corrected chi connectivity index (χ3v) is 3.51. The summed E-state index contributed by atoms with van der Waals surface area (Å²) >= 11 is 1.58. The molecular weight excluding hydrogens is 292 g/mol. The van der Waals surface area contributed by atoms with Crippen LogP contribution in [0.25, 0.3) is 0 Å². The molecule has 0 amide bonds. The molecule has 0 bridgehead atoms. The Hall–Kier alpha value is -2.54. The van der Waals surface area contributed by atoms with Crippen LogP contribution in [0.1, 0.15) is 10.4 Å². The van der Waals surface area contributed by atoms with Crippen LogP contribution >= 0.6 is 11.8 Å². The van der Waals surface area contributed by atoms with Crippen molar-refractivity contribution < 1.29 is 14.8 Å². The van der Waals surface area contributed by atoms with Crippen molar-refractivity contribution in [1.82, 2.24) is 0 Å². The van der Waals surface area contributed by atoms with E-state index in [1.807, 2.05) is 30.5 Å². The zero-order valence-electron chi connectivity index (χ0n) is 11.1. The highest BCUT2D eigenvalue weighted by Gasteiger charge is 2.19. The van der Waals surface area contributed by atoms with Gasteiger partial charge in [0.05, 0.1) is 4.92 Å². The second-order valence-electron chi connectivity index (χ2n) is 4.15. The predicted molar refractivity (Wildman–Crippen MR) is 81.6 cm³/mol. The second kappa shape index (κ2) is 6.27. The molecule has 108 valence electrons. The molecule has 6 nitrogen and oxygen atoms in total. The summed E-state index contributed by atoms with van der Waals surface area (Å²) in [4.78, 5) is 22.2. The first kappa shape index (κ1) is 14.9. The van der Waals surface area contributed by atoms with E-state index in [4.69, 9.17) is 5.11 Å². The standard InChI is InChI=1S/C14H12N2O4S/c1-21-11-4-2-3-9(7-11)15-10-5-6-13(16(19)20)12(8-10)14(17)18/h2-8,15H,1H3,(H,17,18). The predicted octanol–water partition coefficient (Wildman–Crippen LogP) is 3.76. The van der Waals surface area contributed by atoms with Gasteiger partial charge in [0.15, 0.2) is 0 Å². The Morgan fingerprint density at radius 3 is 2.57 bits per heavy atom. The molecule has 2 aromatic carbocycles. The van der Waals surface area contributed by atoms with Crippen molar-refractivity contribution >= 4 is 34.8 Å². The van der Waals surface area contributed by atoms with Crippen molar-refractivity contribution in [3.05, 3.63) is 58.1 Å². The van der Waals surface area contributed by atoms with Gasteiger partial charge in [-0.1, -0.05) is 6.07 Å². The van der Waals surface area contributed by atoms with Crippen LogP contribution in [0.3, 0.4) is 0 Å². The van der Waals surface area contributed by atoms with Gasteiger partial charge in [0.2, 0.25) is 0 Å². The number of hydrogen-bond donors (Lipinski definition) is 2. The maximum absolute atomic E-state index is 11.1. The lowest BCUT2D eigenvalue weighted by atomic mass is 10.1. The van der Waals surface area contributed by atoms with Crippen LogP contribution < -0.4 is 5.32 Å². The van der Waals surface area contributed by atoms with Crippen molar-refractivity contribution in [3.63, 3.8) is 0 Å². The largest absolute Gasteiger partial charge is 0.477 e. The van der Waals surface area contributed by atoms with Crippen molar-refractivity contribution in [3.8, 4) is 0 Å². The van der Waals surface area contributed by atoms with Crippen LogP contribution in [0.4, 0.5) is 17.1 Å². The number of rotatable bonds is 5. The number of anilines is 2. The van der Waals surface area contributed by atoms with Crippen molar-refractivity contribution in [1.29, 1.82) is 0 Å². The molecule has 0 spiro atoms. The molecule has 21 heavy (non-hydrogen) atoms. The molecule has 0 unspecified atom stereocenters. The lowest BCUT2D eigenvalue weighted by molar-refractivity contribution is -0.385. The van der Waals surface area contributed by atoms with Gasteiger partial charge in [-0.05, 0) is 36.6 Å². The molecule has 0 heterocycles. The Morgan fingerprint density at radius 1 is 1.24 bits per heavy atom. The van der Waals surface area contributed by atoms with Gasteiger partial charge in [0.1, 0.15) is 5.56 Å². The monoisotopic (exact) mass is 304 g/mol. The van der Waals surface area contributed by atoms with Crippen molar-refractivity contribution in [2.24, 2.45) is 0 Å². The molecule has 0 fully saturated rings. The second-order valence-corrected chi connectivity index (χ2v) is 5.03. The number of carboxylic acids is 1. The Labute approximate surface area is 125 Å². The average molecular weight is 304 g/mol. The highest BCUT2D eigenvalue weighted by Crippen LogP contribution is 2.26. The molecule has 0 aliphatic carbocycles. The summed E-state index contributed by atoms with van der Waals surface area (Å²) < 4.78 is 0. The first-order chi connectivity index (χ1) is 10.0. The number of benzene rings is 2. The lowest BCUT2D eigenvalue weighted by Crippen LogP contribution is -2.03. The molecule has 0 aliphatic heterocycles. The molecule has 2 N–H and O–H groups in total. The van der Waals surface area contributed by atoms with Gasteiger partial charge in [0, 0.05) is 22.3 Å². The van der Waals surface area contributed by atoms with Crippen LogP contribution in [0.15, 0.2) is 47.4 Å². The number of nitrogens with zero attached hydrogens (tertiary/aromatic N) is 1. The first-order valence-corrected chi connectivity index (χ1v) is 7.16. The van der Waals surface area contributed by atoms with Gasteiger partial charge in [-0.25, -0.2) is 4.79 Å². The summed E-state index contributed by atoms with van der Waals surface area (Å²) in [5.74, 6) is -1.33. The van der Waals surface area contributed by atoms with Crippen molar-refractivity contribution in [2.45, 2.75) is 4.90 Å². The Bertz CT molecular complexity index is 703. The smallest absolute Gasteiger partial charge is 0.342 e. The molecule has 0 aliphatic rings. The maximum atomic E-state index is 11.1. The zero-order valence-corrected chi connectivity index (χ0v) is 11.9. The van der Waals surface area contributed by atoms with E-state index in [0.29, 0.717) is 5.69 Å². The lowest BCUT2D eigenvalue weighted by Gasteiger charge is -2.08. The van der Waals surface area contributed by atoms with Crippen LogP contribution in [0.2, 0.25) is 0 Å². The number of nitro benzene ring substituents is 1. The third kappa shape index (κ3) is 3.51. The molecule has 2 rings (SSSR count). The van der Waals surface area contributed by atoms with Crippen LogP contribution in [-0.2, 0) is 0 Å². The molecule has 0 saturated heterocycles. The Kier molecular flexibility index (Phi) is 4.44. The minimum Gasteiger partial charge on any atom is -0.477 e. The minimum atomic E-state index is -1.33. The number of aromatic carboxylic acids is 1. The van der Waals surface area contributed by atoms with E-state index in [1.54, 1.807) is 11.8 Å². The van der Waals surface area contributed by atoms with E-state index in [-0.39, 0.29) is 5.56 Å². The van der Waals surface area contributed by atoms with Gasteiger partial charge < -0.3 is 10.4 Å². The Morgan fingerprint density at radius 2 is 1.95 bits per heavy atom. The molecule has 2 aromatic rings. The SMILES string of the molecule is CSc1cccc(Nc2ccc([N+](=O)[O-])c(C(=O)O)c2)c1. The molecular formula is C14H12N2O4S. The van der Waals surface area contributed by atoms with Crippen molar-refractivity contribution in [2.75, 3.05) is 11.6 Å². The number of carboxylic acid groups (broad SMARTS) is 1. The summed E-state index contributed by atoms with van der Waals surface area (Å²) in [6, 6.07) is 11.5. The van der Waals surface area contributed by atoms with E-state index in [2.05, 4.69) is 5.32 Å². The molecule has 0 radical (unpaired) electrons. The topological polar surface area (TPSA) is 92.5 Å². The summed E-state index contributed by atoms with van der Waals surface area (Å²) in [6.07, 6.45) is 1.95. The van der Waals surface area contributed by atoms with E-state index < -0.39 is 16.6 Å². The number of thioether (sulfide) groups is 1. The van der Waals surface area contributed by atoms with E-state index in [0.717, 1.165) is 10.6 Å². The summed E-state index contributed by atoms with van der Waals surface area (Å²) in [5.41, 5.74) is 0.500. The van der Waals surface area contributed by atoms with Gasteiger partial charge in [-0.15, -0.1) is 11.8 Å². The summed E-state index contributed by atoms with van der Waals surface area (Å²) in [7, 11) is 0. The number of hydrogen-bond acceptors (Lipinski definition) is 5. The maximum Gasteiger partial charge on any atom is 0.342 e. The highest BCUT2D eigenvalue weighted by atomic mass is 32.2. The summed E-state index contributed by atoms with van der Waals surface area (Å²) in [5, 5.41) is 22.9. The fourth-order valence-corrected chi connectivity index (χ4v) is 2.27. The minimum absolute atomic E-state index is 0.342. The molecule has 0 atom stereocenters. The normalized spacial score (nSPS) is 10.1. The zero-order chi connectivity index (χ0) is 15.4. The molecule has 0 saturated carbocycles. The molecule has 7 heteroatoms. The third-order valence-electron chi connectivity index (χ3n) is 2.78. The first-order valence-electron chi connectivity index (χ1n) is 5.94. The van der Waals surface area contributed by atoms with E-state index >= 15 is 0 Å². The quantitative estimate of drug-likeness (QED) is 0.496. The molecule has 0 aromatic heterocycles. The fraction of sp³-hybridized carbons (Fsp3) is 0.0714. The number of nitrogens with one attached hydrogen (secondary N) is 1. The average Bonchev–Trinajstić information content (AvgIpc) is 2.47.